The minimum atomic E-state index is -0.974. The number of carbonyl (C=O) groups is 3. The molecule has 1 atom stereocenters. The molecule has 1 aromatic carbocycles. The van der Waals surface area contributed by atoms with E-state index in [1.807, 2.05) is 0 Å². The van der Waals surface area contributed by atoms with Gasteiger partial charge in [0.25, 0.3) is 5.91 Å². The Bertz CT molecular complexity index is 869. The molecule has 1 aliphatic carbocycles. The van der Waals surface area contributed by atoms with Crippen molar-refractivity contribution in [1.82, 2.24) is 5.32 Å². The number of benzene rings is 1. The quantitative estimate of drug-likeness (QED) is 0.766. The average Bonchev–Trinajstić information content (AvgIpc) is 2.98. The van der Waals surface area contributed by atoms with Gasteiger partial charge >= 0.3 is 5.97 Å². The van der Waals surface area contributed by atoms with Gasteiger partial charge in [-0.15, -0.1) is 0 Å². The van der Waals surface area contributed by atoms with Crippen molar-refractivity contribution in [2.75, 3.05) is 7.11 Å². The van der Waals surface area contributed by atoms with Gasteiger partial charge < -0.3 is 14.5 Å². The predicted molar refractivity (Wildman–Crippen MR) is 97.1 cm³/mol. The Labute approximate surface area is 159 Å². The van der Waals surface area contributed by atoms with Gasteiger partial charge in [0.05, 0.1) is 12.7 Å². The topological polar surface area (TPSA) is 85.6 Å². The molecule has 0 spiro atoms. The minimum Gasteiger partial charge on any atom is -0.467 e. The summed E-state index contributed by atoms with van der Waals surface area (Å²) in [6.45, 7) is 1.69. The van der Waals surface area contributed by atoms with Gasteiger partial charge in [0.1, 0.15) is 5.76 Å². The number of aryl methyl sites for hydroxylation is 1. The Kier molecular flexibility index (Phi) is 5.27. The third-order valence-electron chi connectivity index (χ3n) is 4.43. The second-order valence-corrected chi connectivity index (χ2v) is 7.03. The zero-order valence-corrected chi connectivity index (χ0v) is 16.0. The molecule has 136 valence electrons. The van der Waals surface area contributed by atoms with Crippen LogP contribution in [0.2, 0.25) is 0 Å². The number of ketones is 1. The van der Waals surface area contributed by atoms with Gasteiger partial charge in [-0.2, -0.15) is 0 Å². The zero-order chi connectivity index (χ0) is 18.8. The number of Topliss-reactive ketones (excluding diaryl/α,β-unsaturated/α-hetero) is 1. The van der Waals surface area contributed by atoms with Crippen molar-refractivity contribution in [2.45, 2.75) is 32.2 Å². The molecule has 0 saturated heterocycles. The van der Waals surface area contributed by atoms with Gasteiger partial charge in [0, 0.05) is 22.9 Å². The maximum absolute atomic E-state index is 12.7. The van der Waals surface area contributed by atoms with E-state index in [9.17, 15) is 14.4 Å². The first-order valence-electron chi connectivity index (χ1n) is 8.22. The normalized spacial score (nSPS) is 14.5. The van der Waals surface area contributed by atoms with Gasteiger partial charge in [-0.3, -0.25) is 9.59 Å². The van der Waals surface area contributed by atoms with E-state index in [4.69, 9.17) is 9.15 Å². The smallest absolute Gasteiger partial charge is 0.333 e. The second kappa shape index (κ2) is 7.45. The van der Waals surface area contributed by atoms with Crippen LogP contribution in [0, 0.1) is 6.92 Å². The van der Waals surface area contributed by atoms with Crippen LogP contribution in [-0.2, 0) is 16.0 Å². The van der Waals surface area contributed by atoms with Crippen molar-refractivity contribution >= 4 is 33.6 Å². The number of hydrogen-bond acceptors (Lipinski definition) is 5. The van der Waals surface area contributed by atoms with Crippen LogP contribution in [0.5, 0.6) is 0 Å². The minimum absolute atomic E-state index is 0.0102. The average molecular weight is 420 g/mol. The Morgan fingerprint density at radius 2 is 1.92 bits per heavy atom. The number of methoxy groups -OCH3 is 1. The number of halogens is 1. The maximum Gasteiger partial charge on any atom is 0.333 e. The molecule has 6 nitrogen and oxygen atoms in total. The third kappa shape index (κ3) is 3.44. The lowest BCUT2D eigenvalue weighted by Crippen LogP contribution is -2.34. The number of hydrogen-bond donors (Lipinski definition) is 1. The number of fused-ring (bicyclic) bond motifs is 1. The van der Waals surface area contributed by atoms with Crippen LogP contribution in [0.25, 0.3) is 0 Å². The number of rotatable bonds is 4. The van der Waals surface area contributed by atoms with E-state index in [0.717, 1.165) is 4.47 Å². The van der Waals surface area contributed by atoms with Crippen LogP contribution in [0.3, 0.4) is 0 Å². The first-order valence-corrected chi connectivity index (χ1v) is 9.01. The number of esters is 1. The van der Waals surface area contributed by atoms with Gasteiger partial charge in [0.2, 0.25) is 0 Å². The molecule has 1 aromatic heterocycles. The number of furan rings is 1. The summed E-state index contributed by atoms with van der Waals surface area (Å²) in [6, 6.07) is 6.00. The van der Waals surface area contributed by atoms with E-state index in [0.29, 0.717) is 41.7 Å². The van der Waals surface area contributed by atoms with Crippen LogP contribution in [0.15, 0.2) is 33.2 Å². The largest absolute Gasteiger partial charge is 0.467 e. The van der Waals surface area contributed by atoms with E-state index in [1.54, 1.807) is 31.2 Å². The van der Waals surface area contributed by atoms with Gasteiger partial charge in [-0.1, -0.05) is 28.1 Å². The molecule has 0 saturated carbocycles. The van der Waals surface area contributed by atoms with Gasteiger partial charge in [-0.05, 0) is 31.0 Å². The predicted octanol–water partition coefficient (Wildman–Crippen LogP) is 3.51. The first kappa shape index (κ1) is 18.4. The molecule has 0 fully saturated rings. The van der Waals surface area contributed by atoms with Crippen LogP contribution < -0.4 is 5.32 Å². The van der Waals surface area contributed by atoms with Crippen molar-refractivity contribution in [3.63, 3.8) is 0 Å². The fourth-order valence-electron chi connectivity index (χ4n) is 3.11. The molecule has 1 N–H and O–H groups in total. The van der Waals surface area contributed by atoms with Crippen LogP contribution in [-0.4, -0.2) is 24.8 Å². The third-order valence-corrected chi connectivity index (χ3v) is 4.96. The molecule has 1 aliphatic rings. The monoisotopic (exact) mass is 419 g/mol. The number of ether oxygens (including phenoxy) is 1. The summed E-state index contributed by atoms with van der Waals surface area (Å²) in [5.41, 5.74) is 1.60. The summed E-state index contributed by atoms with van der Waals surface area (Å²) >= 11 is 3.33. The van der Waals surface area contributed by atoms with E-state index in [1.165, 1.54) is 7.11 Å². The molecule has 1 heterocycles. The fraction of sp³-hybridized carbons (Fsp3) is 0.316. The molecule has 1 unspecified atom stereocenters. The molecule has 0 radical (unpaired) electrons. The maximum atomic E-state index is 12.7. The summed E-state index contributed by atoms with van der Waals surface area (Å²) in [7, 11) is 1.26. The Balaban J connectivity index is 1.90. The van der Waals surface area contributed by atoms with Crippen LogP contribution in [0.4, 0.5) is 0 Å². The summed E-state index contributed by atoms with van der Waals surface area (Å²) in [5.74, 6) is -0.545. The van der Waals surface area contributed by atoms with Crippen molar-refractivity contribution in [2.24, 2.45) is 0 Å². The molecular weight excluding hydrogens is 402 g/mol. The van der Waals surface area contributed by atoms with Crippen LogP contribution in [0.1, 0.15) is 56.7 Å². The van der Waals surface area contributed by atoms with Gasteiger partial charge in [0.15, 0.2) is 17.6 Å². The molecule has 1 amide bonds. The van der Waals surface area contributed by atoms with Gasteiger partial charge in [-0.25, -0.2) is 4.79 Å². The number of carbonyl (C=O) groups excluding carboxylic acids is 3. The Morgan fingerprint density at radius 1 is 1.23 bits per heavy atom. The van der Waals surface area contributed by atoms with Crippen molar-refractivity contribution in [3.05, 3.63) is 56.9 Å². The van der Waals surface area contributed by atoms with Crippen molar-refractivity contribution < 1.29 is 23.5 Å². The number of nitrogens with one attached hydrogen (secondary N) is 1. The Hall–Kier alpha value is -2.41. The lowest BCUT2D eigenvalue weighted by molar-refractivity contribution is -0.143. The lowest BCUT2D eigenvalue weighted by Gasteiger charge is -2.16. The fourth-order valence-corrected chi connectivity index (χ4v) is 3.38. The zero-order valence-electron chi connectivity index (χ0n) is 14.4. The second-order valence-electron chi connectivity index (χ2n) is 6.11. The Morgan fingerprint density at radius 3 is 2.54 bits per heavy atom. The highest BCUT2D eigenvalue weighted by Gasteiger charge is 2.31. The summed E-state index contributed by atoms with van der Waals surface area (Å²) in [5, 5.41) is 2.65. The highest BCUT2D eigenvalue weighted by atomic mass is 79.9. The highest BCUT2D eigenvalue weighted by Crippen LogP contribution is 2.30. The van der Waals surface area contributed by atoms with E-state index < -0.39 is 17.9 Å². The van der Waals surface area contributed by atoms with E-state index >= 15 is 0 Å². The SMILES string of the molecule is COC(=O)C(NC(=O)c1oc2c(c1C)C(=O)CCC2)c1ccc(Br)cc1. The molecule has 0 aliphatic heterocycles. The first-order chi connectivity index (χ1) is 12.4. The molecular formula is C19H18BrNO5. The molecule has 0 bridgehead atoms. The number of amides is 1. The van der Waals surface area contributed by atoms with Crippen molar-refractivity contribution in [3.8, 4) is 0 Å². The molecule has 7 heteroatoms. The van der Waals surface area contributed by atoms with E-state index in [-0.39, 0.29) is 11.5 Å². The van der Waals surface area contributed by atoms with Crippen LogP contribution >= 0.6 is 15.9 Å². The lowest BCUT2D eigenvalue weighted by atomic mass is 9.94. The summed E-state index contributed by atoms with van der Waals surface area (Å²) in [6.07, 6.45) is 1.80. The highest BCUT2D eigenvalue weighted by molar-refractivity contribution is 9.10. The van der Waals surface area contributed by atoms with Crippen molar-refractivity contribution in [1.29, 1.82) is 0 Å². The summed E-state index contributed by atoms with van der Waals surface area (Å²) in [4.78, 5) is 37.0. The molecule has 26 heavy (non-hydrogen) atoms. The summed E-state index contributed by atoms with van der Waals surface area (Å²) < 4.78 is 11.3. The molecule has 2 aromatic rings. The standard InChI is InChI=1S/C19H18BrNO5/c1-10-15-13(22)4-3-5-14(15)26-17(10)18(23)21-16(19(24)25-2)11-6-8-12(20)9-7-11/h6-9,16H,3-5H2,1-2H3,(H,21,23). The molecule has 3 rings (SSSR count). The van der Waals surface area contributed by atoms with E-state index in [2.05, 4.69) is 21.2 Å².